The third kappa shape index (κ3) is 5.29. The molecular formula is C26H38FN3O3. The van der Waals surface area contributed by atoms with Gasteiger partial charge < -0.3 is 19.7 Å². The van der Waals surface area contributed by atoms with Crippen molar-refractivity contribution in [1.29, 1.82) is 0 Å². The molecule has 0 unspecified atom stereocenters. The van der Waals surface area contributed by atoms with Gasteiger partial charge in [0.05, 0.1) is 24.1 Å². The number of nitrogens with zero attached hydrogens (tertiary/aromatic N) is 2. The number of nitrogens with one attached hydrogen (secondary N) is 1. The number of anilines is 1. The van der Waals surface area contributed by atoms with Crippen molar-refractivity contribution in [2.45, 2.75) is 77.2 Å². The maximum atomic E-state index is 13.9. The van der Waals surface area contributed by atoms with Gasteiger partial charge in [-0.05, 0) is 57.5 Å². The molecule has 2 aliphatic rings. The summed E-state index contributed by atoms with van der Waals surface area (Å²) >= 11 is 0. The Balaban J connectivity index is 0.00000216. The number of benzene rings is 1. The molecule has 1 amide bonds. The Labute approximate surface area is 198 Å². The molecule has 1 saturated heterocycles. The summed E-state index contributed by atoms with van der Waals surface area (Å²) in [5.41, 5.74) is 1.72. The third-order valence-electron chi connectivity index (χ3n) is 6.61. The molecule has 1 aromatic heterocycles. The van der Waals surface area contributed by atoms with Crippen molar-refractivity contribution >= 4 is 11.6 Å². The number of hydrogen-bond acceptors (Lipinski definition) is 5. The Hall–Kier alpha value is -2.67. The van der Waals surface area contributed by atoms with Crippen LogP contribution in [0.5, 0.6) is 5.75 Å². The predicted octanol–water partition coefficient (Wildman–Crippen LogP) is 5.85. The topological polar surface area (TPSA) is 63.7 Å². The minimum absolute atomic E-state index is 0. The van der Waals surface area contributed by atoms with Gasteiger partial charge in [0.1, 0.15) is 22.9 Å². The van der Waals surface area contributed by atoms with Crippen LogP contribution in [0.2, 0.25) is 0 Å². The summed E-state index contributed by atoms with van der Waals surface area (Å²) in [6.45, 7) is 9.37. The number of likely N-dealkylation sites (tertiary alicyclic amines) is 1. The minimum atomic E-state index is -0.418. The number of hydrogen-bond donors (Lipinski definition) is 1. The number of carbonyl (C=O) groups is 1. The van der Waals surface area contributed by atoms with E-state index in [1.54, 1.807) is 18.3 Å². The summed E-state index contributed by atoms with van der Waals surface area (Å²) in [5.74, 6) is 0.330. The summed E-state index contributed by atoms with van der Waals surface area (Å²) in [7, 11) is 0. The highest BCUT2D eigenvalue weighted by Crippen LogP contribution is 2.46. The number of aromatic nitrogens is 1. The molecule has 2 atom stereocenters. The van der Waals surface area contributed by atoms with E-state index >= 15 is 0 Å². The second-order valence-corrected chi connectivity index (χ2v) is 9.52. The lowest BCUT2D eigenvalue weighted by Crippen LogP contribution is -2.52. The van der Waals surface area contributed by atoms with Crippen LogP contribution in [-0.4, -0.2) is 46.6 Å². The average molecular weight is 460 g/mol. The maximum absolute atomic E-state index is 13.9. The molecule has 6 nitrogen and oxygen atoms in total. The second-order valence-electron chi connectivity index (χ2n) is 9.52. The lowest BCUT2D eigenvalue weighted by Gasteiger charge is -2.47. The Morgan fingerprint density at radius 3 is 2.70 bits per heavy atom. The Morgan fingerprint density at radius 2 is 2.06 bits per heavy atom. The highest BCUT2D eigenvalue weighted by molar-refractivity contribution is 5.92. The van der Waals surface area contributed by atoms with E-state index < -0.39 is 5.60 Å². The van der Waals surface area contributed by atoms with Crippen LogP contribution in [0.25, 0.3) is 0 Å². The third-order valence-corrected chi connectivity index (χ3v) is 6.61. The van der Waals surface area contributed by atoms with Crippen LogP contribution in [0.4, 0.5) is 10.1 Å². The first-order valence-corrected chi connectivity index (χ1v) is 11.9. The highest BCUT2D eigenvalue weighted by atomic mass is 19.1. The smallest absolute Gasteiger partial charge is 0.272 e. The van der Waals surface area contributed by atoms with Crippen LogP contribution in [0.1, 0.15) is 78.4 Å². The second kappa shape index (κ2) is 9.67. The summed E-state index contributed by atoms with van der Waals surface area (Å²) < 4.78 is 26.4. The van der Waals surface area contributed by atoms with Crippen molar-refractivity contribution in [3.63, 3.8) is 0 Å². The first-order valence-electron chi connectivity index (χ1n) is 11.9. The molecule has 33 heavy (non-hydrogen) atoms. The molecular weight excluding hydrogens is 421 g/mol. The van der Waals surface area contributed by atoms with E-state index in [1.807, 2.05) is 24.8 Å². The maximum Gasteiger partial charge on any atom is 0.272 e. The fourth-order valence-corrected chi connectivity index (χ4v) is 4.61. The molecule has 1 aromatic carbocycles. The van der Waals surface area contributed by atoms with Gasteiger partial charge in [0.25, 0.3) is 5.91 Å². The van der Waals surface area contributed by atoms with Crippen molar-refractivity contribution in [1.82, 2.24) is 9.88 Å². The van der Waals surface area contributed by atoms with Crippen LogP contribution in [0, 0.1) is 5.82 Å². The lowest BCUT2D eigenvalue weighted by molar-refractivity contribution is -0.0874. The molecule has 182 valence electrons. The van der Waals surface area contributed by atoms with Crippen molar-refractivity contribution in [3.8, 4) is 5.75 Å². The van der Waals surface area contributed by atoms with Gasteiger partial charge in [-0.15, -0.1) is 0 Å². The minimum Gasteiger partial charge on any atom is -0.487 e. The molecule has 0 saturated carbocycles. The number of amides is 1. The van der Waals surface area contributed by atoms with Crippen LogP contribution in [0.3, 0.4) is 0 Å². The number of pyridine rings is 1. The van der Waals surface area contributed by atoms with E-state index in [0.29, 0.717) is 49.8 Å². The number of halogens is 1. The van der Waals surface area contributed by atoms with Gasteiger partial charge in [-0.2, -0.15) is 0 Å². The summed E-state index contributed by atoms with van der Waals surface area (Å²) in [4.78, 5) is 19.3. The number of fused-ring (bicyclic) bond motifs is 1. The van der Waals surface area contributed by atoms with Gasteiger partial charge in [0, 0.05) is 46.8 Å². The molecule has 3 heterocycles. The van der Waals surface area contributed by atoms with E-state index in [2.05, 4.69) is 24.1 Å². The molecule has 2 aromatic rings. The molecule has 2 aliphatic heterocycles. The number of carbonyl (C=O) groups excluding carboxylic acids is 1. The van der Waals surface area contributed by atoms with Crippen molar-refractivity contribution < 1.29 is 21.5 Å². The SMILES string of the molecule is CC[C@@H](C)Nc1ccc(C(=O)N2CCC3(CC2)C[C@@H](OC(C)C)c2cc(F)ccc2O3)nc1.[HH].[HH]. The Morgan fingerprint density at radius 1 is 1.30 bits per heavy atom. The summed E-state index contributed by atoms with van der Waals surface area (Å²) in [5, 5.41) is 3.37. The zero-order valence-electron chi connectivity index (χ0n) is 19.9. The highest BCUT2D eigenvalue weighted by Gasteiger charge is 2.45. The fourth-order valence-electron chi connectivity index (χ4n) is 4.61. The number of rotatable bonds is 6. The predicted molar refractivity (Wildman–Crippen MR) is 130 cm³/mol. The largest absolute Gasteiger partial charge is 0.487 e. The van der Waals surface area contributed by atoms with Gasteiger partial charge in [-0.3, -0.25) is 4.79 Å². The van der Waals surface area contributed by atoms with Crippen molar-refractivity contribution in [3.05, 3.63) is 53.6 Å². The number of piperidine rings is 1. The summed E-state index contributed by atoms with van der Waals surface area (Å²) in [6, 6.07) is 8.68. The fraction of sp³-hybridized carbons (Fsp3) is 0.538. The van der Waals surface area contributed by atoms with Gasteiger partial charge in [-0.25, -0.2) is 9.37 Å². The molecule has 7 heteroatoms. The van der Waals surface area contributed by atoms with Crippen molar-refractivity contribution in [2.75, 3.05) is 18.4 Å². The van der Waals surface area contributed by atoms with Crippen LogP contribution >= 0.6 is 0 Å². The van der Waals surface area contributed by atoms with E-state index in [0.717, 1.165) is 17.7 Å². The molecule has 1 fully saturated rings. The van der Waals surface area contributed by atoms with E-state index in [9.17, 15) is 9.18 Å². The van der Waals surface area contributed by atoms with E-state index in [1.165, 1.54) is 12.1 Å². The molecule has 0 radical (unpaired) electrons. The Kier molecular flexibility index (Phi) is 6.88. The molecule has 4 rings (SSSR count). The summed E-state index contributed by atoms with van der Waals surface area (Å²) in [6.07, 6.45) is 4.57. The first kappa shape index (κ1) is 23.5. The van der Waals surface area contributed by atoms with Crippen LogP contribution < -0.4 is 10.1 Å². The van der Waals surface area contributed by atoms with Crippen LogP contribution in [0.15, 0.2) is 36.5 Å². The van der Waals surface area contributed by atoms with E-state index in [4.69, 9.17) is 9.47 Å². The normalized spacial score (nSPS) is 20.3. The van der Waals surface area contributed by atoms with Gasteiger partial charge >= 0.3 is 0 Å². The Bertz CT molecular complexity index is 982. The van der Waals surface area contributed by atoms with Crippen molar-refractivity contribution in [2.24, 2.45) is 0 Å². The molecule has 1 spiro atoms. The quantitative estimate of drug-likeness (QED) is 0.587. The monoisotopic (exact) mass is 459 g/mol. The molecule has 0 bridgehead atoms. The molecule has 0 aliphatic carbocycles. The molecule has 1 N–H and O–H groups in total. The first-order chi connectivity index (χ1) is 15.8. The average Bonchev–Trinajstić information content (AvgIpc) is 2.80. The van der Waals surface area contributed by atoms with Gasteiger partial charge in [0.15, 0.2) is 0 Å². The van der Waals surface area contributed by atoms with Gasteiger partial charge in [-0.1, -0.05) is 6.92 Å². The number of ether oxygens (including phenoxy) is 2. The van der Waals surface area contributed by atoms with Gasteiger partial charge in [0.2, 0.25) is 0 Å². The zero-order chi connectivity index (χ0) is 23.6. The van der Waals surface area contributed by atoms with E-state index in [-0.39, 0.29) is 26.8 Å². The zero-order valence-corrected chi connectivity index (χ0v) is 19.9. The lowest BCUT2D eigenvalue weighted by atomic mass is 9.81. The standard InChI is InChI=1S/C26H34FN3O3.2H2/c1-5-18(4)29-20-7-8-22(28-16-20)25(31)30-12-10-26(11-13-30)15-24(32-17(2)3)21-14-19(27)6-9-23(21)33-26;;/h6-9,14,16-18,24,29H,5,10-13,15H2,1-4H3;2*1H/t18-,24-;;/m1../s1. The van der Waals surface area contributed by atoms with Crippen LogP contribution in [-0.2, 0) is 4.74 Å².